The van der Waals surface area contributed by atoms with E-state index in [0.717, 1.165) is 6.04 Å². The standard InChI is InChI=1S/C12H26O2Si/c1-5-6-7-8-9-10-11-15(3,4)14-12(2)13/h5-11H2,1-4H3. The maximum absolute atomic E-state index is 10.8. The van der Waals surface area contributed by atoms with Gasteiger partial charge in [-0.25, -0.2) is 0 Å². The van der Waals surface area contributed by atoms with Crippen LogP contribution in [0.15, 0.2) is 0 Å². The van der Waals surface area contributed by atoms with Crippen molar-refractivity contribution in [3.05, 3.63) is 0 Å². The first-order valence-corrected chi connectivity index (χ1v) is 9.29. The maximum Gasteiger partial charge on any atom is 0.289 e. The van der Waals surface area contributed by atoms with Gasteiger partial charge in [-0.2, -0.15) is 0 Å². The normalized spacial score (nSPS) is 11.5. The van der Waals surface area contributed by atoms with Crippen molar-refractivity contribution in [1.82, 2.24) is 0 Å². The first kappa shape index (κ1) is 14.7. The molecule has 0 radical (unpaired) electrons. The molecule has 0 aromatic rings. The summed E-state index contributed by atoms with van der Waals surface area (Å²) in [4.78, 5) is 10.8. The van der Waals surface area contributed by atoms with E-state index in [4.69, 9.17) is 4.43 Å². The lowest BCUT2D eigenvalue weighted by Gasteiger charge is -2.21. The Morgan fingerprint density at radius 2 is 1.60 bits per heavy atom. The molecule has 0 aromatic heterocycles. The lowest BCUT2D eigenvalue weighted by Crippen LogP contribution is -2.32. The van der Waals surface area contributed by atoms with Crippen LogP contribution < -0.4 is 0 Å². The predicted molar refractivity (Wildman–Crippen MR) is 67.4 cm³/mol. The number of unbranched alkanes of at least 4 members (excludes halogenated alkanes) is 5. The Bertz CT molecular complexity index is 178. The van der Waals surface area contributed by atoms with Crippen molar-refractivity contribution in [2.75, 3.05) is 0 Å². The van der Waals surface area contributed by atoms with Gasteiger partial charge in [0.1, 0.15) is 0 Å². The zero-order valence-corrected chi connectivity index (χ0v) is 11.8. The van der Waals surface area contributed by atoms with Gasteiger partial charge in [-0.15, -0.1) is 0 Å². The van der Waals surface area contributed by atoms with Gasteiger partial charge in [-0.3, -0.25) is 4.79 Å². The molecule has 0 bridgehead atoms. The third-order valence-electron chi connectivity index (χ3n) is 2.55. The van der Waals surface area contributed by atoms with Crippen LogP contribution in [0.25, 0.3) is 0 Å². The average Bonchev–Trinajstić information content (AvgIpc) is 2.08. The SMILES string of the molecule is CCCCCCCC[Si](C)(C)OC(C)=O. The van der Waals surface area contributed by atoms with Crippen molar-refractivity contribution < 1.29 is 9.22 Å². The zero-order chi connectivity index (χ0) is 11.7. The van der Waals surface area contributed by atoms with Crippen molar-refractivity contribution >= 4 is 14.3 Å². The highest BCUT2D eigenvalue weighted by molar-refractivity contribution is 6.72. The summed E-state index contributed by atoms with van der Waals surface area (Å²) in [5.74, 6) is -0.113. The van der Waals surface area contributed by atoms with Gasteiger partial charge in [-0.05, 0) is 19.1 Å². The van der Waals surface area contributed by atoms with Crippen molar-refractivity contribution in [1.29, 1.82) is 0 Å². The van der Waals surface area contributed by atoms with Gasteiger partial charge in [0.25, 0.3) is 5.97 Å². The molecule has 0 N–H and O–H groups in total. The van der Waals surface area contributed by atoms with Crippen LogP contribution in [-0.2, 0) is 9.22 Å². The molecule has 0 heterocycles. The van der Waals surface area contributed by atoms with Crippen LogP contribution in [0.2, 0.25) is 19.1 Å². The second kappa shape index (κ2) is 7.91. The molecule has 2 nitrogen and oxygen atoms in total. The van der Waals surface area contributed by atoms with Crippen molar-refractivity contribution in [2.45, 2.75) is 71.5 Å². The fourth-order valence-corrected chi connectivity index (χ4v) is 3.75. The van der Waals surface area contributed by atoms with Crippen LogP contribution in [0.1, 0.15) is 52.4 Å². The Labute approximate surface area is 95.5 Å². The molecule has 0 unspecified atom stereocenters. The van der Waals surface area contributed by atoms with E-state index in [1.807, 2.05) is 0 Å². The molecule has 0 fully saturated rings. The molecule has 0 aliphatic heterocycles. The minimum atomic E-state index is -1.68. The average molecular weight is 230 g/mol. The minimum Gasteiger partial charge on any atom is -0.520 e. The molecular formula is C12H26O2Si. The molecule has 0 saturated carbocycles. The summed E-state index contributed by atoms with van der Waals surface area (Å²) in [5, 5.41) is 0. The van der Waals surface area contributed by atoms with Crippen LogP contribution in [0.4, 0.5) is 0 Å². The van der Waals surface area contributed by atoms with Gasteiger partial charge in [0.2, 0.25) is 8.32 Å². The van der Waals surface area contributed by atoms with Crippen LogP contribution >= 0.6 is 0 Å². The lowest BCUT2D eigenvalue weighted by atomic mass is 10.1. The molecule has 0 saturated heterocycles. The van der Waals surface area contributed by atoms with Gasteiger partial charge in [0.05, 0.1) is 0 Å². The van der Waals surface area contributed by atoms with Gasteiger partial charge in [-0.1, -0.05) is 45.4 Å². The number of hydrogen-bond donors (Lipinski definition) is 0. The van der Waals surface area contributed by atoms with E-state index in [1.54, 1.807) is 0 Å². The summed E-state index contributed by atoms with van der Waals surface area (Å²) >= 11 is 0. The number of hydrogen-bond acceptors (Lipinski definition) is 2. The number of carbonyl (C=O) groups is 1. The van der Waals surface area contributed by atoms with Crippen molar-refractivity contribution in [2.24, 2.45) is 0 Å². The van der Waals surface area contributed by atoms with Crippen molar-refractivity contribution in [3.63, 3.8) is 0 Å². The molecule has 90 valence electrons. The molecule has 0 rings (SSSR count). The molecule has 0 amide bonds. The van der Waals surface area contributed by atoms with E-state index in [1.165, 1.54) is 45.4 Å². The molecule has 3 heteroatoms. The summed E-state index contributed by atoms with van der Waals surface area (Å²) in [6, 6.07) is 1.11. The van der Waals surface area contributed by atoms with Gasteiger partial charge in [0.15, 0.2) is 0 Å². The molecule has 0 aliphatic rings. The smallest absolute Gasteiger partial charge is 0.289 e. The van der Waals surface area contributed by atoms with Gasteiger partial charge < -0.3 is 4.43 Å². The fourth-order valence-electron chi connectivity index (χ4n) is 1.77. The molecule has 0 atom stereocenters. The van der Waals surface area contributed by atoms with Crippen molar-refractivity contribution in [3.8, 4) is 0 Å². The molecular weight excluding hydrogens is 204 g/mol. The Morgan fingerprint density at radius 1 is 1.07 bits per heavy atom. The summed E-state index contributed by atoms with van der Waals surface area (Å²) in [5.41, 5.74) is 0. The predicted octanol–water partition coefficient (Wildman–Crippen LogP) is 4.12. The molecule has 0 aliphatic carbocycles. The van der Waals surface area contributed by atoms with E-state index in [9.17, 15) is 4.79 Å². The zero-order valence-electron chi connectivity index (χ0n) is 10.8. The second-order valence-corrected chi connectivity index (χ2v) is 9.09. The topological polar surface area (TPSA) is 26.3 Å². The highest BCUT2D eigenvalue weighted by Gasteiger charge is 2.24. The van der Waals surface area contributed by atoms with E-state index in [2.05, 4.69) is 20.0 Å². The summed E-state index contributed by atoms with van der Waals surface area (Å²) in [6.07, 6.45) is 7.84. The summed E-state index contributed by atoms with van der Waals surface area (Å²) in [6.45, 7) is 7.99. The number of carbonyl (C=O) groups excluding carboxylic acids is 1. The summed E-state index contributed by atoms with van der Waals surface area (Å²) in [7, 11) is -1.68. The Hall–Kier alpha value is -0.313. The first-order chi connectivity index (χ1) is 6.98. The van der Waals surface area contributed by atoms with Gasteiger partial charge in [0, 0.05) is 6.92 Å². The molecule has 15 heavy (non-hydrogen) atoms. The second-order valence-electron chi connectivity index (χ2n) is 4.87. The highest BCUT2D eigenvalue weighted by atomic mass is 28.4. The third kappa shape index (κ3) is 9.98. The quantitative estimate of drug-likeness (QED) is 0.463. The van der Waals surface area contributed by atoms with E-state index in [0.29, 0.717) is 0 Å². The van der Waals surface area contributed by atoms with Crippen LogP contribution in [0.5, 0.6) is 0 Å². The first-order valence-electron chi connectivity index (χ1n) is 6.17. The monoisotopic (exact) mass is 230 g/mol. The van der Waals surface area contributed by atoms with E-state index >= 15 is 0 Å². The maximum atomic E-state index is 10.8. The largest absolute Gasteiger partial charge is 0.520 e. The van der Waals surface area contributed by atoms with E-state index in [-0.39, 0.29) is 5.97 Å². The fraction of sp³-hybridized carbons (Fsp3) is 0.917. The van der Waals surface area contributed by atoms with Crippen LogP contribution in [0, 0.1) is 0 Å². The van der Waals surface area contributed by atoms with Crippen LogP contribution in [-0.4, -0.2) is 14.3 Å². The van der Waals surface area contributed by atoms with Gasteiger partial charge >= 0.3 is 0 Å². The third-order valence-corrected chi connectivity index (χ3v) is 4.95. The Balaban J connectivity index is 3.44. The number of rotatable bonds is 8. The minimum absolute atomic E-state index is 0.113. The lowest BCUT2D eigenvalue weighted by molar-refractivity contribution is -0.132. The molecule has 0 aromatic carbocycles. The molecule has 0 spiro atoms. The van der Waals surface area contributed by atoms with E-state index < -0.39 is 8.32 Å². The Kier molecular flexibility index (Phi) is 7.75. The summed E-state index contributed by atoms with van der Waals surface area (Å²) < 4.78 is 5.37. The highest BCUT2D eigenvalue weighted by Crippen LogP contribution is 2.17. The van der Waals surface area contributed by atoms with Crippen LogP contribution in [0.3, 0.4) is 0 Å². The Morgan fingerprint density at radius 3 is 2.13 bits per heavy atom.